The number of hydrogen-bond acceptors (Lipinski definition) is 15. The fourth-order valence-electron chi connectivity index (χ4n) is 15.9. The fraction of sp³-hybridized carbons (Fsp3) is 0.500. The van der Waals surface area contributed by atoms with Gasteiger partial charge in [-0.25, -0.2) is 0 Å². The molecule has 446 valence electrons. The summed E-state index contributed by atoms with van der Waals surface area (Å²) in [6.07, 6.45) is 15.6. The third-order valence-corrected chi connectivity index (χ3v) is 23.0. The average molecular weight is 1190 g/mol. The first kappa shape index (κ1) is 58.0. The minimum absolute atomic E-state index is 0.00174. The number of ether oxygens (including phenoxy) is 5. The van der Waals surface area contributed by atoms with Crippen LogP contribution in [0.25, 0.3) is 17.2 Å². The van der Waals surface area contributed by atoms with Gasteiger partial charge in [-0.05, 0) is 127 Å². The Hall–Kier alpha value is -6.01. The van der Waals surface area contributed by atoms with E-state index in [1.54, 1.807) is 20.3 Å². The molecule has 4 aromatic carbocycles. The van der Waals surface area contributed by atoms with Gasteiger partial charge in [0, 0.05) is 103 Å². The van der Waals surface area contributed by atoms with E-state index in [1.165, 1.54) is 18.9 Å². The second kappa shape index (κ2) is 24.6. The highest BCUT2D eigenvalue weighted by atomic mass is 33.1. The number of aromatic hydroxyl groups is 2. The number of benzene rings is 4. The van der Waals surface area contributed by atoms with Crippen molar-refractivity contribution in [2.75, 3.05) is 46.3 Å². The van der Waals surface area contributed by atoms with E-state index in [0.29, 0.717) is 60.1 Å². The first-order valence-electron chi connectivity index (χ1n) is 30.9. The van der Waals surface area contributed by atoms with Crippen molar-refractivity contribution in [3.8, 4) is 63.6 Å². The molecule has 1 spiro atoms. The van der Waals surface area contributed by atoms with Crippen LogP contribution in [-0.4, -0.2) is 97.2 Å². The molecule has 13 atom stereocenters. The normalized spacial score (nSPS) is 30.6. The third kappa shape index (κ3) is 11.1. The van der Waals surface area contributed by atoms with Crippen molar-refractivity contribution < 1.29 is 43.8 Å². The van der Waals surface area contributed by atoms with Gasteiger partial charge in [-0.1, -0.05) is 107 Å². The topological polar surface area (TPSA) is 186 Å². The minimum atomic E-state index is -0.819. The van der Waals surface area contributed by atoms with E-state index in [-0.39, 0.29) is 66.3 Å². The number of esters is 1. The van der Waals surface area contributed by atoms with Crippen molar-refractivity contribution in [3.63, 3.8) is 0 Å². The van der Waals surface area contributed by atoms with Crippen LogP contribution in [0.2, 0.25) is 0 Å². The van der Waals surface area contributed by atoms with Gasteiger partial charge in [0.2, 0.25) is 0 Å². The van der Waals surface area contributed by atoms with Crippen LogP contribution in [0.15, 0.2) is 83.6 Å². The van der Waals surface area contributed by atoms with Crippen molar-refractivity contribution >= 4 is 33.6 Å². The molecule has 6 bridgehead atoms. The number of nitrogens with two attached hydrogens (primary N) is 1. The largest absolute Gasteiger partial charge is 0.508 e. The van der Waals surface area contributed by atoms with Gasteiger partial charge in [0.05, 0.1) is 42.8 Å². The first-order chi connectivity index (χ1) is 41.4. The number of fused-ring (bicyclic) bond motifs is 10. The number of phenolic OH excluding ortho intramolecular Hbond substituents is 2. The molecular weight excluding hydrogens is 1100 g/mol. The van der Waals surface area contributed by atoms with E-state index in [0.717, 1.165) is 120 Å². The molecule has 6 heterocycles. The number of carbonyl (C=O) groups is 1. The zero-order chi connectivity index (χ0) is 58.5. The van der Waals surface area contributed by atoms with Gasteiger partial charge in [0.25, 0.3) is 0 Å². The maximum Gasteiger partial charge on any atom is 0.302 e. The molecule has 0 radical (unpaired) electrons. The number of hydrogen-bond donors (Lipinski definition) is 7. The second-order valence-corrected chi connectivity index (χ2v) is 27.9. The lowest BCUT2D eigenvalue weighted by Crippen LogP contribution is -2.52. The summed E-state index contributed by atoms with van der Waals surface area (Å²) < 4.78 is 33.9. The van der Waals surface area contributed by atoms with E-state index in [1.807, 2.05) is 27.7 Å². The number of aliphatic hydroxyl groups excluding tert-OH is 1. The van der Waals surface area contributed by atoms with Gasteiger partial charge in [-0.3, -0.25) is 4.79 Å². The highest BCUT2D eigenvalue weighted by molar-refractivity contribution is 8.77. The predicted molar refractivity (Wildman–Crippen MR) is 335 cm³/mol. The number of carbonyl (C=O) groups excluding carboxylic acids is 1. The molecule has 9 aliphatic rings. The molecule has 4 aromatic rings. The van der Waals surface area contributed by atoms with Crippen molar-refractivity contribution in [2.24, 2.45) is 29.4 Å². The number of nitrogens with one attached hydrogen (secondary N) is 3. The Labute approximate surface area is 508 Å². The lowest BCUT2D eigenvalue weighted by Gasteiger charge is -2.39. The Balaban J connectivity index is 1.10. The van der Waals surface area contributed by atoms with Gasteiger partial charge in [-0.2, -0.15) is 0 Å². The predicted octanol–water partition coefficient (Wildman–Crippen LogP) is 10.8. The molecule has 15 heteroatoms. The zero-order valence-corrected chi connectivity index (χ0v) is 50.9. The molecular formula is C70H80N4O9S2. The standard InChI is InChI=1S/C70H80N4O9S2/c1-5-43-28-46-25-41-23-24-70(31-41)32-47-29-50(77)30-58(80-4)60(47)52-19-18-51-55(37-81-39(2)76)65(82-66(51)63(52)70)62-53-20-22-57-68(59(27-40-11-7-6-8-12-40)85-84-38-42-13-9-16-49(26-42)73-57)83-67(53)64(78)54-34-72-33-48(35-75)45(36-79-3)15-10-14-44(61(54)62)17-21-56(46)74-69(43)71/h6-8,11-12,18-20,22,28-30,41-42,44-45,48-49,55,57,59,65,68-69,72-75,77-78H,5,9,13,15-16,23-27,31-38,71H2,1-4H3. The summed E-state index contributed by atoms with van der Waals surface area (Å²) in [4.78, 5) is 13.3. The highest BCUT2D eigenvalue weighted by Crippen LogP contribution is 2.64. The molecule has 13 nitrogen and oxygen atoms in total. The maximum atomic E-state index is 13.7. The Bertz CT molecular complexity index is 3470. The molecule has 13 unspecified atom stereocenters. The van der Waals surface area contributed by atoms with Crippen LogP contribution in [0.3, 0.4) is 0 Å². The summed E-state index contributed by atoms with van der Waals surface area (Å²) in [5.41, 5.74) is 18.4. The number of phenols is 2. The van der Waals surface area contributed by atoms with E-state index in [9.17, 15) is 20.1 Å². The van der Waals surface area contributed by atoms with Crippen molar-refractivity contribution in [1.29, 1.82) is 0 Å². The van der Waals surface area contributed by atoms with Crippen LogP contribution in [-0.2, 0) is 39.1 Å². The molecule has 13 rings (SSSR count). The molecule has 0 aromatic heterocycles. The SMILES string of the molecule is CCC1=CC2=C(C#CC3C#CCC(COC)C(CO)CNCc4c(O)c5c(c(c43)C3Oc4c(ccc6c4C4(CCC(C2)C4)Cc2cc(O)cc(OC)c2-6)C3COC(C)=O)C=CC2NC3CCCC(CSSC(Cc4ccccc4)C2O5)C3)NC1N. The number of aliphatic hydroxyl groups is 1. The number of dihydropyridines is 1. The Morgan fingerprint density at radius 2 is 1.86 bits per heavy atom. The molecule has 8 N–H and O–H groups in total. The van der Waals surface area contributed by atoms with Gasteiger partial charge in [0.1, 0.15) is 42.0 Å². The third-order valence-electron chi connectivity index (χ3n) is 20.0. The molecule has 1 saturated heterocycles. The van der Waals surface area contributed by atoms with E-state index < -0.39 is 41.6 Å². The smallest absolute Gasteiger partial charge is 0.302 e. The van der Waals surface area contributed by atoms with Crippen LogP contribution >= 0.6 is 21.6 Å². The Morgan fingerprint density at radius 1 is 0.988 bits per heavy atom. The van der Waals surface area contributed by atoms with Gasteiger partial charge in [0.15, 0.2) is 11.5 Å². The monoisotopic (exact) mass is 1180 g/mol. The van der Waals surface area contributed by atoms with E-state index in [4.69, 9.17) is 29.4 Å². The van der Waals surface area contributed by atoms with Crippen LogP contribution in [0.1, 0.15) is 141 Å². The van der Waals surface area contributed by atoms with Crippen molar-refractivity contribution in [1.82, 2.24) is 16.0 Å². The van der Waals surface area contributed by atoms with Gasteiger partial charge < -0.3 is 60.7 Å². The Morgan fingerprint density at radius 3 is 2.67 bits per heavy atom. The Kier molecular flexibility index (Phi) is 16.8. The van der Waals surface area contributed by atoms with Gasteiger partial charge >= 0.3 is 5.97 Å². The van der Waals surface area contributed by atoms with Crippen molar-refractivity contribution in [3.05, 3.63) is 128 Å². The number of rotatable bonds is 9. The molecule has 2 saturated carbocycles. The van der Waals surface area contributed by atoms with Crippen LogP contribution in [0.5, 0.6) is 28.7 Å². The number of methoxy groups -OCH3 is 2. The summed E-state index contributed by atoms with van der Waals surface area (Å²) >= 11 is 0. The maximum absolute atomic E-state index is 13.7. The summed E-state index contributed by atoms with van der Waals surface area (Å²) in [5, 5.41) is 47.5. The zero-order valence-electron chi connectivity index (χ0n) is 49.3. The quantitative estimate of drug-likeness (QED) is 0.0477. The summed E-state index contributed by atoms with van der Waals surface area (Å²) in [7, 11) is 7.18. The van der Waals surface area contributed by atoms with E-state index in [2.05, 4.69) is 107 Å². The molecule has 6 aliphatic heterocycles. The fourth-order valence-corrected chi connectivity index (χ4v) is 19.1. The van der Waals surface area contributed by atoms with Crippen molar-refractivity contribution in [2.45, 2.75) is 150 Å². The average Bonchev–Trinajstić information content (AvgIpc) is 1.70. The summed E-state index contributed by atoms with van der Waals surface area (Å²) in [5.74, 6) is 16.5. The lowest BCUT2D eigenvalue weighted by atomic mass is 9.65. The minimum Gasteiger partial charge on any atom is -0.508 e. The van der Waals surface area contributed by atoms with Crippen LogP contribution < -0.4 is 35.9 Å². The second-order valence-electron chi connectivity index (χ2n) is 25.3. The first-order valence-corrected chi connectivity index (χ1v) is 33.3. The summed E-state index contributed by atoms with van der Waals surface area (Å²) in [6, 6.07) is 18.6. The van der Waals surface area contributed by atoms with Gasteiger partial charge in [-0.15, -0.1) is 5.92 Å². The van der Waals surface area contributed by atoms with E-state index >= 15 is 0 Å². The summed E-state index contributed by atoms with van der Waals surface area (Å²) in [6.45, 7) is 4.51. The molecule has 85 heavy (non-hydrogen) atoms. The molecule has 3 aliphatic carbocycles. The molecule has 0 amide bonds. The van der Waals surface area contributed by atoms with Crippen LogP contribution in [0, 0.1) is 47.4 Å². The highest BCUT2D eigenvalue weighted by Gasteiger charge is 2.52. The van der Waals surface area contributed by atoms with Crippen LogP contribution in [0.4, 0.5) is 0 Å². The lowest BCUT2D eigenvalue weighted by molar-refractivity contribution is -0.141. The molecule has 3 fully saturated rings. The number of allylic oxidation sites excluding steroid dienone is 3.